The number of carbonyl (C=O) groups excluding carboxylic acids is 1. The highest BCUT2D eigenvalue weighted by Crippen LogP contribution is 2.56. The smallest absolute Gasteiger partial charge is 0.302 e. The highest BCUT2D eigenvalue weighted by Gasteiger charge is 2.60. The monoisotopic (exact) mass is 218 g/mol. The molecule has 1 fully saturated rings. The third kappa shape index (κ3) is 1.43. The number of carbonyl (C=O) groups is 1. The molecule has 1 aromatic carbocycles. The molecule has 3 nitrogen and oxygen atoms in total. The van der Waals surface area contributed by atoms with E-state index < -0.39 is 0 Å². The van der Waals surface area contributed by atoms with Crippen LogP contribution >= 0.6 is 0 Å². The highest BCUT2D eigenvalue weighted by molar-refractivity contribution is 5.66. The second-order valence-corrected chi connectivity index (χ2v) is 4.54. The zero-order chi connectivity index (χ0) is 11.2. The topological polar surface area (TPSA) is 38.8 Å². The minimum Gasteiger partial charge on any atom is -0.463 e. The van der Waals surface area contributed by atoms with Gasteiger partial charge in [-0.25, -0.2) is 0 Å². The van der Waals surface area contributed by atoms with Gasteiger partial charge in [-0.15, -0.1) is 0 Å². The zero-order valence-corrected chi connectivity index (χ0v) is 9.23. The maximum atomic E-state index is 10.8. The predicted octanol–water partition coefficient (Wildman–Crippen LogP) is 2.01. The van der Waals surface area contributed by atoms with E-state index in [-0.39, 0.29) is 17.7 Å². The SMILES string of the molecule is CC(=O)OC[C@]12CCc3ccccc3[C@H]1O2. The van der Waals surface area contributed by atoms with Crippen LogP contribution in [0.5, 0.6) is 0 Å². The van der Waals surface area contributed by atoms with E-state index in [2.05, 4.69) is 18.2 Å². The summed E-state index contributed by atoms with van der Waals surface area (Å²) in [6.07, 6.45) is 2.09. The number of epoxide rings is 1. The number of rotatable bonds is 2. The van der Waals surface area contributed by atoms with Gasteiger partial charge in [0.2, 0.25) is 0 Å². The Hall–Kier alpha value is -1.35. The van der Waals surface area contributed by atoms with Gasteiger partial charge in [-0.2, -0.15) is 0 Å². The van der Waals surface area contributed by atoms with Gasteiger partial charge in [0.15, 0.2) is 0 Å². The van der Waals surface area contributed by atoms with Gasteiger partial charge in [-0.1, -0.05) is 24.3 Å². The summed E-state index contributed by atoms with van der Waals surface area (Å²) in [5.41, 5.74) is 2.41. The zero-order valence-electron chi connectivity index (χ0n) is 9.23. The van der Waals surface area contributed by atoms with Crippen LogP contribution in [-0.2, 0) is 20.7 Å². The summed E-state index contributed by atoms with van der Waals surface area (Å²) in [6, 6.07) is 8.34. The van der Waals surface area contributed by atoms with Crippen molar-refractivity contribution in [3.63, 3.8) is 0 Å². The summed E-state index contributed by atoms with van der Waals surface area (Å²) in [5, 5.41) is 0. The van der Waals surface area contributed by atoms with Gasteiger partial charge in [0.25, 0.3) is 0 Å². The average Bonchev–Trinajstić information content (AvgIpc) is 3.02. The van der Waals surface area contributed by atoms with Crippen molar-refractivity contribution >= 4 is 5.97 Å². The molecule has 0 N–H and O–H groups in total. The van der Waals surface area contributed by atoms with Gasteiger partial charge in [0, 0.05) is 6.92 Å². The maximum Gasteiger partial charge on any atom is 0.302 e. The molecule has 3 rings (SSSR count). The maximum absolute atomic E-state index is 10.8. The van der Waals surface area contributed by atoms with Crippen molar-refractivity contribution in [3.8, 4) is 0 Å². The van der Waals surface area contributed by atoms with E-state index in [1.807, 2.05) is 6.07 Å². The lowest BCUT2D eigenvalue weighted by Crippen LogP contribution is -2.26. The van der Waals surface area contributed by atoms with E-state index in [0.717, 1.165) is 12.8 Å². The summed E-state index contributed by atoms with van der Waals surface area (Å²) in [6.45, 7) is 1.83. The number of aryl methyl sites for hydroxylation is 1. The molecule has 1 aromatic rings. The van der Waals surface area contributed by atoms with Crippen molar-refractivity contribution in [1.29, 1.82) is 0 Å². The fourth-order valence-electron chi connectivity index (χ4n) is 2.51. The van der Waals surface area contributed by atoms with Crippen LogP contribution in [0.15, 0.2) is 24.3 Å². The fraction of sp³-hybridized carbons (Fsp3) is 0.462. The third-order valence-electron chi connectivity index (χ3n) is 3.45. The molecule has 0 bridgehead atoms. The van der Waals surface area contributed by atoms with E-state index >= 15 is 0 Å². The molecule has 1 aliphatic carbocycles. The Labute approximate surface area is 94.4 Å². The summed E-state index contributed by atoms with van der Waals surface area (Å²) < 4.78 is 10.8. The van der Waals surface area contributed by atoms with Crippen LogP contribution in [0.25, 0.3) is 0 Å². The summed E-state index contributed by atoms with van der Waals surface area (Å²) in [5.74, 6) is -0.234. The van der Waals surface area contributed by atoms with Crippen LogP contribution in [0, 0.1) is 0 Å². The molecule has 1 aliphatic heterocycles. The third-order valence-corrected chi connectivity index (χ3v) is 3.45. The summed E-state index contributed by atoms with van der Waals surface area (Å²) in [4.78, 5) is 10.8. The minimum atomic E-state index is -0.234. The molecule has 16 heavy (non-hydrogen) atoms. The molecular weight excluding hydrogens is 204 g/mol. The van der Waals surface area contributed by atoms with Crippen LogP contribution in [-0.4, -0.2) is 18.2 Å². The Balaban J connectivity index is 1.79. The summed E-state index contributed by atoms with van der Waals surface area (Å²) in [7, 11) is 0. The highest BCUT2D eigenvalue weighted by atomic mass is 16.6. The first-order valence-electron chi connectivity index (χ1n) is 5.60. The quantitative estimate of drug-likeness (QED) is 0.563. The number of ether oxygens (including phenoxy) is 2. The van der Waals surface area contributed by atoms with Gasteiger partial charge >= 0.3 is 5.97 Å². The van der Waals surface area contributed by atoms with Crippen LogP contribution in [0.3, 0.4) is 0 Å². The van der Waals surface area contributed by atoms with Gasteiger partial charge in [-0.3, -0.25) is 4.79 Å². The Morgan fingerprint density at radius 2 is 2.38 bits per heavy atom. The van der Waals surface area contributed by atoms with E-state index in [0.29, 0.717) is 6.61 Å². The Kier molecular flexibility index (Phi) is 2.04. The second kappa shape index (κ2) is 3.32. The van der Waals surface area contributed by atoms with Crippen molar-refractivity contribution in [2.75, 3.05) is 6.61 Å². The van der Waals surface area contributed by atoms with E-state index in [9.17, 15) is 4.79 Å². The molecule has 0 radical (unpaired) electrons. The Morgan fingerprint density at radius 3 is 3.19 bits per heavy atom. The predicted molar refractivity (Wildman–Crippen MR) is 58.0 cm³/mol. The molecule has 0 unspecified atom stereocenters. The first kappa shape index (κ1) is 9.85. The molecule has 2 atom stereocenters. The van der Waals surface area contributed by atoms with Crippen molar-refractivity contribution in [1.82, 2.24) is 0 Å². The van der Waals surface area contributed by atoms with Crippen LogP contribution < -0.4 is 0 Å². The minimum absolute atomic E-state index is 0.136. The van der Waals surface area contributed by atoms with Crippen LogP contribution in [0.2, 0.25) is 0 Å². The first-order valence-corrected chi connectivity index (χ1v) is 5.60. The number of fused-ring (bicyclic) bond motifs is 3. The van der Waals surface area contributed by atoms with Crippen molar-refractivity contribution in [2.24, 2.45) is 0 Å². The average molecular weight is 218 g/mol. The molecule has 0 spiro atoms. The Bertz CT molecular complexity index is 441. The van der Waals surface area contributed by atoms with Crippen molar-refractivity contribution in [2.45, 2.75) is 31.5 Å². The first-order chi connectivity index (χ1) is 7.71. The number of hydrogen-bond donors (Lipinski definition) is 0. The van der Waals surface area contributed by atoms with Gasteiger partial charge in [0.05, 0.1) is 0 Å². The number of benzene rings is 1. The lowest BCUT2D eigenvalue weighted by Gasteiger charge is -2.19. The normalized spacial score (nSPS) is 30.2. The Morgan fingerprint density at radius 1 is 1.56 bits per heavy atom. The molecule has 84 valence electrons. The van der Waals surface area contributed by atoms with Gasteiger partial charge in [-0.05, 0) is 24.0 Å². The largest absolute Gasteiger partial charge is 0.463 e. The van der Waals surface area contributed by atoms with Crippen LogP contribution in [0.1, 0.15) is 30.6 Å². The van der Waals surface area contributed by atoms with E-state index in [1.165, 1.54) is 18.1 Å². The molecule has 1 saturated heterocycles. The number of esters is 1. The molecule has 0 saturated carbocycles. The molecule has 3 heteroatoms. The molecule has 1 heterocycles. The standard InChI is InChI=1S/C13H14O3/c1-9(14)15-8-13-7-6-10-4-2-3-5-11(10)12(13)16-13/h2-5,12H,6-8H2,1H3/t12-,13-/m1/s1. The number of hydrogen-bond acceptors (Lipinski definition) is 3. The van der Waals surface area contributed by atoms with Gasteiger partial charge < -0.3 is 9.47 Å². The van der Waals surface area contributed by atoms with Gasteiger partial charge in [0.1, 0.15) is 18.3 Å². The fourth-order valence-corrected chi connectivity index (χ4v) is 2.51. The molecule has 0 amide bonds. The molecular formula is C13H14O3. The summed E-state index contributed by atoms with van der Waals surface area (Å²) >= 11 is 0. The second-order valence-electron chi connectivity index (χ2n) is 4.54. The lowest BCUT2D eigenvalue weighted by atomic mass is 9.84. The van der Waals surface area contributed by atoms with Crippen molar-refractivity contribution in [3.05, 3.63) is 35.4 Å². The van der Waals surface area contributed by atoms with Crippen molar-refractivity contribution < 1.29 is 14.3 Å². The molecule has 0 aromatic heterocycles. The van der Waals surface area contributed by atoms with E-state index in [4.69, 9.17) is 9.47 Å². The lowest BCUT2D eigenvalue weighted by molar-refractivity contribution is -0.142. The van der Waals surface area contributed by atoms with Crippen LogP contribution in [0.4, 0.5) is 0 Å². The molecule has 2 aliphatic rings. The van der Waals surface area contributed by atoms with E-state index in [1.54, 1.807) is 0 Å².